The van der Waals surface area contributed by atoms with Gasteiger partial charge in [-0.3, -0.25) is 0 Å². The number of nitrogens with two attached hydrogens (primary N) is 2. The fourth-order valence-corrected chi connectivity index (χ4v) is 2.02. The summed E-state index contributed by atoms with van der Waals surface area (Å²) in [6.45, 7) is 0. The van der Waals surface area contributed by atoms with Crippen molar-refractivity contribution in [2.45, 2.75) is 0 Å². The van der Waals surface area contributed by atoms with Gasteiger partial charge in [-0.05, 0) is 54.7 Å². The number of hydrogen-bond donors (Lipinski definition) is 4. The van der Waals surface area contributed by atoms with Crippen LogP contribution in [0.4, 0.5) is 22.7 Å². The molecule has 2 aromatic carbocycles. The number of benzene rings is 2. The number of hydrogen-bond acceptors (Lipinski definition) is 3. The van der Waals surface area contributed by atoms with Crippen LogP contribution in [0.5, 0.6) is 0 Å². The van der Waals surface area contributed by atoms with Gasteiger partial charge in [0.1, 0.15) is 0 Å². The van der Waals surface area contributed by atoms with E-state index in [1.165, 1.54) is 0 Å². The minimum atomic E-state index is 0.450. The number of nitrogen functional groups attached to an aromatic ring is 2. The molecule has 0 unspecified atom stereocenters. The first-order chi connectivity index (χ1) is 9.02. The Kier molecular flexibility index (Phi) is 4.09. The lowest BCUT2D eigenvalue weighted by Crippen LogP contribution is -2.19. The highest BCUT2D eigenvalue weighted by molar-refractivity contribution is 7.80. The van der Waals surface area contributed by atoms with E-state index in [4.69, 9.17) is 35.3 Å². The van der Waals surface area contributed by atoms with Crippen molar-refractivity contribution in [3.63, 3.8) is 0 Å². The van der Waals surface area contributed by atoms with Crippen molar-refractivity contribution in [1.82, 2.24) is 0 Å². The van der Waals surface area contributed by atoms with Crippen molar-refractivity contribution in [1.29, 1.82) is 0 Å². The predicted molar refractivity (Wildman–Crippen MR) is 86.6 cm³/mol. The molecule has 6 heteroatoms. The maximum Gasteiger partial charge on any atom is 0.175 e. The fourth-order valence-electron chi connectivity index (χ4n) is 1.54. The van der Waals surface area contributed by atoms with Gasteiger partial charge in [0, 0.05) is 27.8 Å². The Morgan fingerprint density at radius 1 is 0.895 bits per heavy atom. The summed E-state index contributed by atoms with van der Waals surface area (Å²) in [5.41, 5.74) is 14.2. The Bertz CT molecular complexity index is 578. The molecule has 0 aromatic heterocycles. The zero-order valence-corrected chi connectivity index (χ0v) is 11.6. The van der Waals surface area contributed by atoms with Gasteiger partial charge < -0.3 is 22.1 Å². The molecule has 0 heterocycles. The third-order valence-corrected chi connectivity index (χ3v) is 2.77. The van der Waals surface area contributed by atoms with Gasteiger partial charge in [-0.25, -0.2) is 0 Å². The summed E-state index contributed by atoms with van der Waals surface area (Å²) >= 11 is 11.1. The van der Waals surface area contributed by atoms with E-state index >= 15 is 0 Å². The Hall–Kier alpha value is -1.98. The first-order valence-electron chi connectivity index (χ1n) is 5.52. The first kappa shape index (κ1) is 13.5. The number of anilines is 4. The normalized spacial score (nSPS) is 9.95. The van der Waals surface area contributed by atoms with E-state index in [1.807, 2.05) is 12.1 Å². The molecule has 0 aliphatic carbocycles. The highest BCUT2D eigenvalue weighted by atomic mass is 35.5. The molecule has 0 spiro atoms. The lowest BCUT2D eigenvalue weighted by molar-refractivity contribution is 1.59. The molecule has 6 N–H and O–H groups in total. The van der Waals surface area contributed by atoms with Crippen LogP contribution in [0.15, 0.2) is 42.5 Å². The largest absolute Gasteiger partial charge is 0.399 e. The summed E-state index contributed by atoms with van der Waals surface area (Å²) < 4.78 is 0. The molecular weight excluding hydrogens is 280 g/mol. The van der Waals surface area contributed by atoms with Crippen molar-refractivity contribution >= 4 is 51.7 Å². The molecule has 0 saturated carbocycles. The van der Waals surface area contributed by atoms with Crippen LogP contribution in [0.25, 0.3) is 0 Å². The summed E-state index contributed by atoms with van der Waals surface area (Å²) in [4.78, 5) is 0. The SMILES string of the molecule is Nc1ccc(NC(=S)Nc2cc(N)cc(Cl)c2)cc1. The lowest BCUT2D eigenvalue weighted by atomic mass is 10.3. The minimum absolute atomic E-state index is 0.450. The van der Waals surface area contributed by atoms with Gasteiger partial charge in [-0.15, -0.1) is 0 Å². The van der Waals surface area contributed by atoms with Gasteiger partial charge in [0.25, 0.3) is 0 Å². The molecule has 0 aliphatic rings. The third kappa shape index (κ3) is 4.01. The summed E-state index contributed by atoms with van der Waals surface area (Å²) in [6, 6.07) is 12.4. The van der Waals surface area contributed by atoms with Crippen LogP contribution in [0.1, 0.15) is 0 Å². The number of rotatable bonds is 2. The topological polar surface area (TPSA) is 76.1 Å². The Morgan fingerprint density at radius 3 is 2.16 bits per heavy atom. The van der Waals surface area contributed by atoms with E-state index in [0.29, 0.717) is 21.5 Å². The van der Waals surface area contributed by atoms with Gasteiger partial charge in [0.15, 0.2) is 5.11 Å². The minimum Gasteiger partial charge on any atom is -0.399 e. The molecule has 0 saturated heterocycles. The van der Waals surface area contributed by atoms with E-state index in [0.717, 1.165) is 11.4 Å². The molecule has 0 amide bonds. The maximum absolute atomic E-state index is 5.91. The zero-order chi connectivity index (χ0) is 13.8. The van der Waals surface area contributed by atoms with E-state index in [9.17, 15) is 0 Å². The van der Waals surface area contributed by atoms with E-state index < -0.39 is 0 Å². The van der Waals surface area contributed by atoms with Crippen LogP contribution in [-0.2, 0) is 0 Å². The third-order valence-electron chi connectivity index (χ3n) is 2.35. The second kappa shape index (κ2) is 5.77. The molecule has 0 bridgehead atoms. The molecule has 0 radical (unpaired) electrons. The van der Waals surface area contributed by atoms with Gasteiger partial charge in [-0.1, -0.05) is 11.6 Å². The Balaban J connectivity index is 2.03. The molecular formula is C13H13ClN4S. The van der Waals surface area contributed by atoms with Crippen molar-refractivity contribution in [2.24, 2.45) is 0 Å². The van der Waals surface area contributed by atoms with Gasteiger partial charge in [-0.2, -0.15) is 0 Å². The van der Waals surface area contributed by atoms with Gasteiger partial charge in [0.05, 0.1) is 0 Å². The molecule has 2 rings (SSSR count). The molecule has 98 valence electrons. The Morgan fingerprint density at radius 2 is 1.53 bits per heavy atom. The molecule has 0 fully saturated rings. The molecule has 19 heavy (non-hydrogen) atoms. The summed E-state index contributed by atoms with van der Waals surface area (Å²) in [6.07, 6.45) is 0. The van der Waals surface area contributed by atoms with Crippen LogP contribution in [0.3, 0.4) is 0 Å². The lowest BCUT2D eigenvalue weighted by Gasteiger charge is -2.11. The first-order valence-corrected chi connectivity index (χ1v) is 6.31. The second-order valence-corrected chi connectivity index (χ2v) is 4.82. The monoisotopic (exact) mass is 292 g/mol. The average Bonchev–Trinajstić information content (AvgIpc) is 2.30. The van der Waals surface area contributed by atoms with E-state index in [1.54, 1.807) is 30.3 Å². The highest BCUT2D eigenvalue weighted by Crippen LogP contribution is 2.20. The summed E-state index contributed by atoms with van der Waals surface area (Å²) in [5.74, 6) is 0. The smallest absolute Gasteiger partial charge is 0.175 e. The summed E-state index contributed by atoms with van der Waals surface area (Å²) in [7, 11) is 0. The molecule has 4 nitrogen and oxygen atoms in total. The van der Waals surface area contributed by atoms with Gasteiger partial charge in [0.2, 0.25) is 0 Å². The fraction of sp³-hybridized carbons (Fsp3) is 0. The quantitative estimate of drug-likeness (QED) is 0.505. The maximum atomic E-state index is 5.91. The molecule has 0 atom stereocenters. The number of thiocarbonyl (C=S) groups is 1. The van der Waals surface area contributed by atoms with Gasteiger partial charge >= 0.3 is 0 Å². The van der Waals surface area contributed by atoms with Crippen LogP contribution in [0.2, 0.25) is 5.02 Å². The standard InChI is InChI=1S/C13H13ClN4S/c14-8-5-10(16)7-12(6-8)18-13(19)17-11-3-1-9(15)2-4-11/h1-7H,15-16H2,(H2,17,18,19). The number of nitrogens with one attached hydrogen (secondary N) is 2. The molecule has 0 aliphatic heterocycles. The molecule has 2 aromatic rings. The summed E-state index contributed by atoms with van der Waals surface area (Å²) in [5, 5.41) is 7.05. The predicted octanol–water partition coefficient (Wildman–Crippen LogP) is 3.31. The second-order valence-electron chi connectivity index (χ2n) is 3.97. The highest BCUT2D eigenvalue weighted by Gasteiger charge is 2.01. The van der Waals surface area contributed by atoms with Crippen molar-refractivity contribution in [2.75, 3.05) is 22.1 Å². The van der Waals surface area contributed by atoms with Crippen molar-refractivity contribution < 1.29 is 0 Å². The van der Waals surface area contributed by atoms with Crippen molar-refractivity contribution in [3.8, 4) is 0 Å². The number of halogens is 1. The van der Waals surface area contributed by atoms with Crippen molar-refractivity contribution in [3.05, 3.63) is 47.5 Å². The van der Waals surface area contributed by atoms with E-state index in [-0.39, 0.29) is 0 Å². The zero-order valence-electron chi connectivity index (χ0n) is 9.98. The Labute approximate surface area is 121 Å². The van der Waals surface area contributed by atoms with Crippen LogP contribution >= 0.6 is 23.8 Å². The average molecular weight is 293 g/mol. The van der Waals surface area contributed by atoms with E-state index in [2.05, 4.69) is 10.6 Å². The van der Waals surface area contributed by atoms with Crippen LogP contribution < -0.4 is 22.1 Å². The van der Waals surface area contributed by atoms with Crippen LogP contribution in [-0.4, -0.2) is 5.11 Å². The van der Waals surface area contributed by atoms with Crippen LogP contribution in [0, 0.1) is 0 Å².